The molecule has 2 rings (SSSR count). The normalized spacial score (nSPS) is 20.5. The summed E-state index contributed by atoms with van der Waals surface area (Å²) in [5, 5.41) is 0. The number of methoxy groups -OCH3 is 2. The van der Waals surface area contributed by atoms with E-state index in [1.165, 1.54) is 0 Å². The number of hydrogen-bond donors (Lipinski definition) is 0. The molecular weight excluding hydrogens is 348 g/mol. The summed E-state index contributed by atoms with van der Waals surface area (Å²) in [5.74, 6) is 1.56. The first kappa shape index (κ1) is 21.8. The molecule has 1 aliphatic rings. The third-order valence-corrected chi connectivity index (χ3v) is 5.08. The van der Waals surface area contributed by atoms with Crippen LogP contribution >= 0.6 is 0 Å². The van der Waals surface area contributed by atoms with Gasteiger partial charge in [0, 0.05) is 13.5 Å². The van der Waals surface area contributed by atoms with E-state index in [2.05, 4.69) is 0 Å². The van der Waals surface area contributed by atoms with E-state index in [1.54, 1.807) is 14.2 Å². The van der Waals surface area contributed by atoms with Gasteiger partial charge in [0.25, 0.3) is 0 Å². The molecule has 3 atom stereocenters. The molecule has 27 heavy (non-hydrogen) atoms. The minimum Gasteiger partial charge on any atom is -0.497 e. The molecule has 1 aliphatic carbocycles. The molecule has 0 aromatic heterocycles. The van der Waals surface area contributed by atoms with Crippen LogP contribution in [0.1, 0.15) is 31.2 Å². The molecule has 0 aliphatic heterocycles. The zero-order chi connectivity index (χ0) is 19.3. The highest BCUT2D eigenvalue weighted by atomic mass is 16.7. The molecule has 6 nitrogen and oxygen atoms in total. The second-order valence-electron chi connectivity index (χ2n) is 6.84. The van der Waals surface area contributed by atoms with Crippen LogP contribution in [0.25, 0.3) is 0 Å². The second-order valence-corrected chi connectivity index (χ2v) is 6.84. The Bertz CT molecular complexity index is 518. The van der Waals surface area contributed by atoms with Crippen LogP contribution in [0.2, 0.25) is 0 Å². The minimum atomic E-state index is -0.0740. The van der Waals surface area contributed by atoms with Crippen molar-refractivity contribution in [3.63, 3.8) is 0 Å². The molecule has 0 unspecified atom stereocenters. The smallest absolute Gasteiger partial charge is 0.146 e. The van der Waals surface area contributed by atoms with Gasteiger partial charge >= 0.3 is 0 Å². The lowest BCUT2D eigenvalue weighted by Crippen LogP contribution is -2.30. The monoisotopic (exact) mass is 380 g/mol. The molecule has 0 saturated heterocycles. The van der Waals surface area contributed by atoms with E-state index in [4.69, 9.17) is 23.7 Å². The maximum atomic E-state index is 11.2. The van der Waals surface area contributed by atoms with E-state index in [0.29, 0.717) is 44.7 Å². The first-order valence-corrected chi connectivity index (χ1v) is 9.61. The van der Waals surface area contributed by atoms with Crippen molar-refractivity contribution in [2.24, 2.45) is 11.8 Å². The van der Waals surface area contributed by atoms with Gasteiger partial charge in [0.05, 0.1) is 39.6 Å². The lowest BCUT2D eigenvalue weighted by atomic mass is 9.89. The zero-order valence-corrected chi connectivity index (χ0v) is 16.4. The first-order valence-electron chi connectivity index (χ1n) is 9.61. The first-order chi connectivity index (χ1) is 13.3. The van der Waals surface area contributed by atoms with Crippen LogP contribution in [0.4, 0.5) is 0 Å². The van der Waals surface area contributed by atoms with E-state index in [9.17, 15) is 4.79 Å². The standard InChI is InChI=1S/C21H32O6/c1-23-12-13-25-16-26-15-18-4-3-5-20(18)21(10-11-22)27-14-17-6-8-19(24-2)9-7-17/h6-9,11,18,20-21H,3-5,10,12-16H2,1-2H3/t18-,20+,21-/m0/s1. The summed E-state index contributed by atoms with van der Waals surface area (Å²) >= 11 is 0. The summed E-state index contributed by atoms with van der Waals surface area (Å²) in [6.45, 7) is 2.50. The van der Waals surface area contributed by atoms with Gasteiger partial charge in [-0.3, -0.25) is 0 Å². The Labute approximate surface area is 162 Å². The molecule has 1 saturated carbocycles. The molecule has 6 heteroatoms. The van der Waals surface area contributed by atoms with E-state index in [-0.39, 0.29) is 12.9 Å². The van der Waals surface area contributed by atoms with Crippen LogP contribution in [0.15, 0.2) is 24.3 Å². The number of carbonyl (C=O) groups is 1. The average Bonchev–Trinajstić information content (AvgIpc) is 3.16. The number of aldehydes is 1. The second kappa shape index (κ2) is 12.8. The zero-order valence-electron chi connectivity index (χ0n) is 16.4. The summed E-state index contributed by atoms with van der Waals surface area (Å²) in [4.78, 5) is 11.2. The number of ether oxygens (including phenoxy) is 5. The van der Waals surface area contributed by atoms with Gasteiger partial charge in [0.2, 0.25) is 0 Å². The van der Waals surface area contributed by atoms with E-state index >= 15 is 0 Å². The largest absolute Gasteiger partial charge is 0.497 e. The summed E-state index contributed by atoms with van der Waals surface area (Å²) in [7, 11) is 3.29. The molecule has 0 bridgehead atoms. The molecule has 1 fully saturated rings. The average molecular weight is 380 g/mol. The highest BCUT2D eigenvalue weighted by Gasteiger charge is 2.34. The van der Waals surface area contributed by atoms with Crippen molar-refractivity contribution in [3.8, 4) is 5.75 Å². The van der Waals surface area contributed by atoms with Gasteiger partial charge in [0.15, 0.2) is 0 Å². The van der Waals surface area contributed by atoms with Crippen molar-refractivity contribution >= 4 is 6.29 Å². The predicted octanol–water partition coefficient (Wildman–Crippen LogP) is 3.22. The van der Waals surface area contributed by atoms with Crippen molar-refractivity contribution in [2.45, 2.75) is 38.4 Å². The number of rotatable bonds is 14. The van der Waals surface area contributed by atoms with Crippen molar-refractivity contribution < 1.29 is 28.5 Å². The Morgan fingerprint density at radius 2 is 1.93 bits per heavy atom. The van der Waals surface area contributed by atoms with Crippen LogP contribution in [-0.2, 0) is 30.3 Å². The summed E-state index contributed by atoms with van der Waals surface area (Å²) in [6.07, 6.45) is 4.62. The molecule has 0 spiro atoms. The molecule has 0 heterocycles. The Morgan fingerprint density at radius 1 is 1.11 bits per heavy atom. The number of carbonyl (C=O) groups excluding carboxylic acids is 1. The van der Waals surface area contributed by atoms with E-state index < -0.39 is 0 Å². The van der Waals surface area contributed by atoms with Gasteiger partial charge in [-0.2, -0.15) is 0 Å². The van der Waals surface area contributed by atoms with Crippen LogP contribution < -0.4 is 4.74 Å². The maximum Gasteiger partial charge on any atom is 0.146 e. The predicted molar refractivity (Wildman–Crippen MR) is 102 cm³/mol. The van der Waals surface area contributed by atoms with Crippen molar-refractivity contribution in [1.29, 1.82) is 0 Å². The highest BCUT2D eigenvalue weighted by Crippen LogP contribution is 2.36. The van der Waals surface area contributed by atoms with Crippen LogP contribution in [0.5, 0.6) is 5.75 Å². The Kier molecular flexibility index (Phi) is 10.4. The Hall–Kier alpha value is -1.47. The van der Waals surface area contributed by atoms with Crippen LogP contribution in [-0.4, -0.2) is 53.2 Å². The van der Waals surface area contributed by atoms with Crippen LogP contribution in [0.3, 0.4) is 0 Å². The third-order valence-electron chi connectivity index (χ3n) is 5.08. The fourth-order valence-electron chi connectivity index (χ4n) is 3.61. The third kappa shape index (κ3) is 7.58. The minimum absolute atomic E-state index is 0.0740. The Morgan fingerprint density at radius 3 is 2.63 bits per heavy atom. The molecule has 0 amide bonds. The van der Waals surface area contributed by atoms with Crippen molar-refractivity contribution in [2.75, 3.05) is 40.8 Å². The SMILES string of the molecule is COCCOCOC[C@@H]1CCC[C@H]1[C@H](CC=O)OCc1ccc(OC)cc1. The van der Waals surface area contributed by atoms with Gasteiger partial charge in [-0.25, -0.2) is 0 Å². The molecule has 1 aromatic rings. The number of hydrogen-bond acceptors (Lipinski definition) is 6. The summed E-state index contributed by atoms with van der Waals surface area (Å²) < 4.78 is 27.3. The number of benzene rings is 1. The fourth-order valence-corrected chi connectivity index (χ4v) is 3.61. The van der Waals surface area contributed by atoms with E-state index in [1.807, 2.05) is 24.3 Å². The summed E-state index contributed by atoms with van der Waals surface area (Å²) in [6, 6.07) is 7.82. The topological polar surface area (TPSA) is 63.2 Å². The fraction of sp³-hybridized carbons (Fsp3) is 0.667. The van der Waals surface area contributed by atoms with Crippen molar-refractivity contribution in [1.82, 2.24) is 0 Å². The van der Waals surface area contributed by atoms with Gasteiger partial charge in [-0.15, -0.1) is 0 Å². The molecule has 1 aromatic carbocycles. The molecular formula is C21H32O6. The quantitative estimate of drug-likeness (QED) is 0.281. The molecule has 0 radical (unpaired) electrons. The lowest BCUT2D eigenvalue weighted by molar-refractivity contribution is -0.114. The van der Waals surface area contributed by atoms with Crippen molar-refractivity contribution in [3.05, 3.63) is 29.8 Å². The van der Waals surface area contributed by atoms with Crippen LogP contribution in [0, 0.1) is 11.8 Å². The van der Waals surface area contributed by atoms with E-state index in [0.717, 1.165) is 36.9 Å². The molecule has 0 N–H and O–H groups in total. The van der Waals surface area contributed by atoms with Gasteiger partial charge in [0.1, 0.15) is 18.8 Å². The Balaban J connectivity index is 1.80. The van der Waals surface area contributed by atoms with Gasteiger partial charge in [-0.05, 0) is 42.4 Å². The molecule has 152 valence electrons. The highest BCUT2D eigenvalue weighted by molar-refractivity contribution is 5.50. The maximum absolute atomic E-state index is 11.2. The van der Waals surface area contributed by atoms with Gasteiger partial charge < -0.3 is 28.5 Å². The summed E-state index contributed by atoms with van der Waals surface area (Å²) in [5.41, 5.74) is 1.07. The lowest BCUT2D eigenvalue weighted by Gasteiger charge is -2.27. The van der Waals surface area contributed by atoms with Gasteiger partial charge in [-0.1, -0.05) is 18.6 Å².